The summed E-state index contributed by atoms with van der Waals surface area (Å²) in [6.07, 6.45) is 0. The van der Waals surface area contributed by atoms with Crippen molar-refractivity contribution < 1.29 is 19.1 Å². The van der Waals surface area contributed by atoms with Crippen molar-refractivity contribution in [3.8, 4) is 0 Å². The van der Waals surface area contributed by atoms with Crippen molar-refractivity contribution in [1.29, 1.82) is 0 Å². The van der Waals surface area contributed by atoms with Gasteiger partial charge >= 0.3 is 5.97 Å². The van der Waals surface area contributed by atoms with E-state index in [2.05, 4.69) is 6.58 Å². The lowest BCUT2D eigenvalue weighted by Crippen LogP contribution is -2.55. The zero-order valence-electron chi connectivity index (χ0n) is 16.4. The predicted molar refractivity (Wildman–Crippen MR) is 115 cm³/mol. The third-order valence-electron chi connectivity index (χ3n) is 4.53. The third kappa shape index (κ3) is 3.79. The molecule has 0 aliphatic carbocycles. The third-order valence-corrected chi connectivity index (χ3v) is 6.21. The summed E-state index contributed by atoms with van der Waals surface area (Å²) >= 11 is 6.60. The number of para-hydroxylation sites is 1. The fraction of sp³-hybridized carbons (Fsp3) is 0.300. The summed E-state index contributed by atoms with van der Waals surface area (Å²) in [5, 5.41) is 0.703. The number of hydrogen-bond acceptors (Lipinski definition) is 7. The molecule has 0 bridgehead atoms. The molecule has 2 amide bonds. The summed E-state index contributed by atoms with van der Waals surface area (Å²) in [6, 6.07) is 7.59. The van der Waals surface area contributed by atoms with Crippen LogP contribution in [-0.4, -0.2) is 59.4 Å². The largest absolute Gasteiger partial charge is 0.460 e. The second-order valence-electron chi connectivity index (χ2n) is 6.51. The Morgan fingerprint density at radius 1 is 1.21 bits per heavy atom. The first kappa shape index (κ1) is 21.1. The quantitative estimate of drug-likeness (QED) is 0.307. The molecule has 1 fully saturated rings. The molecular formula is C20H21N3O4S2. The molecule has 1 aromatic carbocycles. The van der Waals surface area contributed by atoms with Crippen LogP contribution in [0.15, 0.2) is 51.9 Å². The van der Waals surface area contributed by atoms with Crippen LogP contribution >= 0.6 is 24.0 Å². The molecule has 2 heterocycles. The van der Waals surface area contributed by atoms with E-state index < -0.39 is 17.8 Å². The van der Waals surface area contributed by atoms with Gasteiger partial charge < -0.3 is 9.64 Å². The number of fused-ring (bicyclic) bond motifs is 1. The number of benzene rings is 1. The highest BCUT2D eigenvalue weighted by Gasteiger charge is 2.42. The van der Waals surface area contributed by atoms with E-state index in [0.717, 1.165) is 10.6 Å². The maximum absolute atomic E-state index is 13.1. The van der Waals surface area contributed by atoms with Crippen LogP contribution in [0.25, 0.3) is 0 Å². The number of hydrogen-bond donors (Lipinski definition) is 0. The van der Waals surface area contributed by atoms with E-state index >= 15 is 0 Å². The lowest BCUT2D eigenvalue weighted by atomic mass is 10.1. The minimum Gasteiger partial charge on any atom is -0.460 e. The molecule has 0 spiro atoms. The summed E-state index contributed by atoms with van der Waals surface area (Å²) < 4.78 is 5.23. The Balaban J connectivity index is 2.00. The van der Waals surface area contributed by atoms with Crippen molar-refractivity contribution in [1.82, 2.24) is 9.80 Å². The minimum absolute atomic E-state index is 0.0652. The highest BCUT2D eigenvalue weighted by atomic mass is 32.2. The zero-order valence-corrected chi connectivity index (χ0v) is 18.1. The summed E-state index contributed by atoms with van der Waals surface area (Å²) in [5.41, 5.74) is 1.23. The summed E-state index contributed by atoms with van der Waals surface area (Å²) in [6.45, 7) is 7.70. The topological polar surface area (TPSA) is 70.2 Å². The van der Waals surface area contributed by atoms with Crippen molar-refractivity contribution >= 4 is 52.6 Å². The Morgan fingerprint density at radius 3 is 2.55 bits per heavy atom. The number of nitrogens with zero attached hydrogens (tertiary/aromatic N) is 3. The van der Waals surface area contributed by atoms with E-state index in [0.29, 0.717) is 23.7 Å². The average Bonchev–Trinajstić information content (AvgIpc) is 3.05. The molecule has 152 valence electrons. The lowest BCUT2D eigenvalue weighted by Gasteiger charge is -2.35. The number of ether oxygens (including phenoxy) is 1. The summed E-state index contributed by atoms with van der Waals surface area (Å²) in [5.74, 6) is -1.34. The summed E-state index contributed by atoms with van der Waals surface area (Å²) in [4.78, 5) is 43.2. The Hall–Kier alpha value is -2.65. The van der Waals surface area contributed by atoms with Gasteiger partial charge in [0.2, 0.25) is 0 Å². The van der Waals surface area contributed by atoms with Gasteiger partial charge in [0, 0.05) is 24.1 Å². The van der Waals surface area contributed by atoms with Crippen molar-refractivity contribution in [3.63, 3.8) is 0 Å². The zero-order chi connectivity index (χ0) is 21.3. The standard InChI is InChI=1S/C20H21N3O4S2/c1-5-22-17(25)15(16(24)21(4)20(22)28)18-23(10-11-27-19(26)12(2)3)13-8-6-7-9-14(13)29-18/h6-9H,2,5,10-11H2,1,3-4H3. The van der Waals surface area contributed by atoms with E-state index in [1.165, 1.54) is 21.6 Å². The lowest BCUT2D eigenvalue weighted by molar-refractivity contribution is -0.138. The van der Waals surface area contributed by atoms with Gasteiger partial charge in [-0.2, -0.15) is 0 Å². The fourth-order valence-electron chi connectivity index (χ4n) is 3.01. The van der Waals surface area contributed by atoms with Gasteiger partial charge in [0.15, 0.2) is 5.11 Å². The number of carbonyl (C=O) groups excluding carboxylic acids is 3. The predicted octanol–water partition coefficient (Wildman–Crippen LogP) is 2.54. The number of thioether (sulfide) groups is 1. The number of esters is 1. The number of thiocarbonyl (C=S) groups is 1. The van der Waals surface area contributed by atoms with Crippen LogP contribution < -0.4 is 4.90 Å². The Kier molecular flexibility index (Phi) is 6.09. The van der Waals surface area contributed by atoms with Crippen LogP contribution in [0.1, 0.15) is 13.8 Å². The van der Waals surface area contributed by atoms with Crippen LogP contribution in [0, 0.1) is 0 Å². The maximum atomic E-state index is 13.1. The monoisotopic (exact) mass is 431 g/mol. The van der Waals surface area contributed by atoms with E-state index in [9.17, 15) is 14.4 Å². The normalized spacial score (nSPS) is 19.0. The molecule has 1 saturated heterocycles. The molecular weight excluding hydrogens is 410 g/mol. The molecule has 3 rings (SSSR count). The van der Waals surface area contributed by atoms with E-state index in [4.69, 9.17) is 17.0 Å². The SMILES string of the molecule is C=C(C)C(=O)OCCN1C(=C2C(=O)N(C)C(=S)N(CC)C2=O)Sc2ccccc21. The second-order valence-corrected chi connectivity index (χ2v) is 7.91. The van der Waals surface area contributed by atoms with Gasteiger partial charge in [0.05, 0.1) is 17.3 Å². The molecule has 2 aliphatic rings. The Labute approximate surface area is 179 Å². The van der Waals surface area contributed by atoms with Gasteiger partial charge in [-0.1, -0.05) is 30.5 Å². The van der Waals surface area contributed by atoms with Gasteiger partial charge in [-0.05, 0) is 38.2 Å². The highest BCUT2D eigenvalue weighted by Crippen LogP contribution is 2.47. The van der Waals surface area contributed by atoms with E-state index in [1.807, 2.05) is 36.1 Å². The van der Waals surface area contributed by atoms with Gasteiger partial charge in [-0.15, -0.1) is 0 Å². The van der Waals surface area contributed by atoms with E-state index in [-0.39, 0.29) is 17.3 Å². The molecule has 0 N–H and O–H groups in total. The minimum atomic E-state index is -0.480. The van der Waals surface area contributed by atoms with Gasteiger partial charge in [0.25, 0.3) is 11.8 Å². The number of likely N-dealkylation sites (N-methyl/N-ethyl adjacent to an activating group) is 2. The van der Waals surface area contributed by atoms with Crippen molar-refractivity contribution in [3.05, 3.63) is 47.0 Å². The van der Waals surface area contributed by atoms with Gasteiger partial charge in [-0.3, -0.25) is 19.4 Å². The molecule has 1 aromatic rings. The number of amides is 2. The fourth-order valence-corrected chi connectivity index (χ4v) is 4.52. The average molecular weight is 432 g/mol. The van der Waals surface area contributed by atoms with E-state index in [1.54, 1.807) is 14.0 Å². The first-order valence-corrected chi connectivity index (χ1v) is 10.3. The molecule has 0 saturated carbocycles. The van der Waals surface area contributed by atoms with Crippen molar-refractivity contribution in [2.45, 2.75) is 18.7 Å². The number of rotatable bonds is 5. The van der Waals surface area contributed by atoms with Crippen LogP contribution in [0.4, 0.5) is 5.69 Å². The molecule has 0 radical (unpaired) electrons. The Bertz CT molecular complexity index is 957. The highest BCUT2D eigenvalue weighted by molar-refractivity contribution is 8.03. The molecule has 7 nitrogen and oxygen atoms in total. The van der Waals surface area contributed by atoms with Gasteiger partial charge in [-0.25, -0.2) is 4.79 Å². The van der Waals surface area contributed by atoms with Crippen LogP contribution in [0.3, 0.4) is 0 Å². The molecule has 0 unspecified atom stereocenters. The molecule has 29 heavy (non-hydrogen) atoms. The van der Waals surface area contributed by atoms with Gasteiger partial charge in [0.1, 0.15) is 12.2 Å². The van der Waals surface area contributed by atoms with Crippen molar-refractivity contribution in [2.75, 3.05) is 31.6 Å². The molecule has 2 aliphatic heterocycles. The molecule has 9 heteroatoms. The molecule has 0 atom stereocenters. The molecule has 0 aromatic heterocycles. The van der Waals surface area contributed by atoms with Crippen LogP contribution in [0.5, 0.6) is 0 Å². The number of anilines is 1. The van der Waals surface area contributed by atoms with Crippen LogP contribution in [0.2, 0.25) is 0 Å². The van der Waals surface area contributed by atoms with Crippen molar-refractivity contribution in [2.24, 2.45) is 0 Å². The first-order valence-electron chi connectivity index (χ1n) is 9.03. The van der Waals surface area contributed by atoms with Crippen LogP contribution in [-0.2, 0) is 19.1 Å². The Morgan fingerprint density at radius 2 is 1.90 bits per heavy atom. The summed E-state index contributed by atoms with van der Waals surface area (Å²) in [7, 11) is 1.56. The second kappa shape index (κ2) is 8.38. The number of carbonyl (C=O) groups is 3. The maximum Gasteiger partial charge on any atom is 0.333 e. The first-order chi connectivity index (χ1) is 13.8. The smallest absolute Gasteiger partial charge is 0.333 e.